The summed E-state index contributed by atoms with van der Waals surface area (Å²) < 4.78 is 11.7. The SMILES string of the molecule is CN1CCOc2ccccc2C(=O)N[C@H](C(=O)NCCOc2ccc(-c3ccccc3)cc2)CC(=O)N[C@@H](Cc2ccccc2)C1=O. The molecule has 3 N–H and O–H groups in total. The molecule has 5 rings (SSSR count). The lowest BCUT2D eigenvalue weighted by Gasteiger charge is -2.26. The maximum atomic E-state index is 13.5. The van der Waals surface area contributed by atoms with Crippen LogP contribution in [0.4, 0.5) is 0 Å². The number of carbonyl (C=O) groups is 4. The molecule has 0 aliphatic carbocycles. The molecule has 0 saturated carbocycles. The zero-order chi connectivity index (χ0) is 33.0. The molecule has 0 spiro atoms. The zero-order valence-corrected chi connectivity index (χ0v) is 26.2. The van der Waals surface area contributed by atoms with E-state index in [1.807, 2.05) is 84.9 Å². The van der Waals surface area contributed by atoms with Crippen LogP contribution in [0.15, 0.2) is 109 Å². The van der Waals surface area contributed by atoms with E-state index < -0.39 is 29.8 Å². The summed E-state index contributed by atoms with van der Waals surface area (Å²) in [5, 5.41) is 8.25. The van der Waals surface area contributed by atoms with Crippen LogP contribution in [0.25, 0.3) is 11.1 Å². The van der Waals surface area contributed by atoms with Gasteiger partial charge in [0.1, 0.15) is 36.8 Å². The van der Waals surface area contributed by atoms with Crippen LogP contribution in [0.2, 0.25) is 0 Å². The molecule has 4 aromatic rings. The Morgan fingerprint density at radius 3 is 2.26 bits per heavy atom. The van der Waals surface area contributed by atoms with Gasteiger partial charge in [0.2, 0.25) is 17.7 Å². The molecular formula is C37H38N4O6. The van der Waals surface area contributed by atoms with Crippen molar-refractivity contribution in [2.75, 3.05) is 33.4 Å². The van der Waals surface area contributed by atoms with E-state index in [9.17, 15) is 19.2 Å². The van der Waals surface area contributed by atoms with Gasteiger partial charge in [-0.15, -0.1) is 0 Å². The smallest absolute Gasteiger partial charge is 0.255 e. The molecular weight excluding hydrogens is 596 g/mol. The van der Waals surface area contributed by atoms with Crippen molar-refractivity contribution in [3.63, 3.8) is 0 Å². The Morgan fingerprint density at radius 2 is 1.51 bits per heavy atom. The molecule has 10 heteroatoms. The van der Waals surface area contributed by atoms with Crippen LogP contribution in [-0.4, -0.2) is 74.0 Å². The molecule has 1 aliphatic heterocycles. The minimum atomic E-state index is -1.23. The van der Waals surface area contributed by atoms with E-state index in [1.54, 1.807) is 31.3 Å². The highest BCUT2D eigenvalue weighted by molar-refractivity contribution is 6.01. The lowest BCUT2D eigenvalue weighted by atomic mass is 10.0. The van der Waals surface area contributed by atoms with Crippen LogP contribution in [0.3, 0.4) is 0 Å². The number of ether oxygens (including phenoxy) is 2. The molecule has 0 bridgehead atoms. The van der Waals surface area contributed by atoms with E-state index in [-0.39, 0.29) is 50.6 Å². The summed E-state index contributed by atoms with van der Waals surface area (Å²) in [5.41, 5.74) is 3.22. The fourth-order valence-electron chi connectivity index (χ4n) is 5.22. The number of nitrogens with one attached hydrogen (secondary N) is 3. The van der Waals surface area contributed by atoms with Gasteiger partial charge >= 0.3 is 0 Å². The van der Waals surface area contributed by atoms with Gasteiger partial charge in [0, 0.05) is 13.5 Å². The predicted octanol–water partition coefficient (Wildman–Crippen LogP) is 3.62. The first-order valence-corrected chi connectivity index (χ1v) is 15.5. The summed E-state index contributed by atoms with van der Waals surface area (Å²) in [6.07, 6.45) is -0.128. The van der Waals surface area contributed by atoms with Crippen molar-refractivity contribution in [2.45, 2.75) is 24.9 Å². The van der Waals surface area contributed by atoms with Gasteiger partial charge < -0.3 is 30.3 Å². The number of hydrogen-bond acceptors (Lipinski definition) is 6. The number of carbonyl (C=O) groups excluding carboxylic acids is 4. The number of para-hydroxylation sites is 1. The minimum Gasteiger partial charge on any atom is -0.492 e. The Hall–Kier alpha value is -5.64. The normalized spacial score (nSPS) is 17.3. The van der Waals surface area contributed by atoms with Crippen molar-refractivity contribution >= 4 is 23.6 Å². The van der Waals surface area contributed by atoms with Crippen molar-refractivity contribution in [3.05, 3.63) is 120 Å². The summed E-state index contributed by atoms with van der Waals surface area (Å²) in [6.45, 7) is 0.657. The van der Waals surface area contributed by atoms with Crippen molar-refractivity contribution in [1.82, 2.24) is 20.9 Å². The van der Waals surface area contributed by atoms with Crippen molar-refractivity contribution in [2.24, 2.45) is 0 Å². The second kappa shape index (κ2) is 16.1. The van der Waals surface area contributed by atoms with Gasteiger partial charge in [-0.3, -0.25) is 19.2 Å². The Labute approximate surface area is 274 Å². The number of rotatable bonds is 8. The average Bonchev–Trinajstić information content (AvgIpc) is 3.10. The third kappa shape index (κ3) is 9.20. The monoisotopic (exact) mass is 634 g/mol. The number of hydrogen-bond donors (Lipinski definition) is 3. The van der Waals surface area contributed by atoms with Gasteiger partial charge in [0.25, 0.3) is 5.91 Å². The second-order valence-corrected chi connectivity index (χ2v) is 11.2. The molecule has 0 radical (unpaired) electrons. The van der Waals surface area contributed by atoms with Gasteiger partial charge in [0.15, 0.2) is 0 Å². The van der Waals surface area contributed by atoms with Crippen molar-refractivity contribution in [1.29, 1.82) is 0 Å². The Balaban J connectivity index is 1.27. The maximum absolute atomic E-state index is 13.5. The highest BCUT2D eigenvalue weighted by Gasteiger charge is 2.30. The van der Waals surface area contributed by atoms with Crippen molar-refractivity contribution in [3.8, 4) is 22.6 Å². The second-order valence-electron chi connectivity index (χ2n) is 11.2. The highest BCUT2D eigenvalue weighted by Crippen LogP contribution is 2.22. The molecule has 4 amide bonds. The molecule has 2 atom stereocenters. The first kappa shape index (κ1) is 32.7. The van der Waals surface area contributed by atoms with Gasteiger partial charge in [-0.25, -0.2) is 0 Å². The number of benzene rings is 4. The summed E-state index contributed by atoms with van der Waals surface area (Å²) in [4.78, 5) is 55.0. The number of fused-ring (bicyclic) bond motifs is 1. The van der Waals surface area contributed by atoms with E-state index in [4.69, 9.17) is 9.47 Å². The molecule has 242 valence electrons. The fourth-order valence-corrected chi connectivity index (χ4v) is 5.22. The summed E-state index contributed by atoms with van der Waals surface area (Å²) in [5.74, 6) is -1.03. The minimum absolute atomic E-state index is 0.122. The molecule has 10 nitrogen and oxygen atoms in total. The van der Waals surface area contributed by atoms with E-state index in [1.165, 1.54) is 4.90 Å². The van der Waals surface area contributed by atoms with E-state index in [0.29, 0.717) is 11.5 Å². The third-order valence-corrected chi connectivity index (χ3v) is 7.75. The number of likely N-dealkylation sites (N-methyl/N-ethyl adjacent to an activating group) is 1. The Morgan fingerprint density at radius 1 is 0.851 bits per heavy atom. The van der Waals surface area contributed by atoms with Crippen LogP contribution in [0, 0.1) is 0 Å². The van der Waals surface area contributed by atoms with Crippen LogP contribution in [0.5, 0.6) is 11.5 Å². The first-order valence-electron chi connectivity index (χ1n) is 15.5. The molecule has 4 aromatic carbocycles. The van der Waals surface area contributed by atoms with Gasteiger partial charge in [-0.05, 0) is 41.0 Å². The first-order chi connectivity index (χ1) is 22.9. The number of nitrogens with zero attached hydrogens (tertiary/aromatic N) is 1. The molecule has 0 unspecified atom stereocenters. The van der Waals surface area contributed by atoms with Crippen molar-refractivity contribution < 1.29 is 28.7 Å². The summed E-state index contributed by atoms with van der Waals surface area (Å²) in [6, 6.07) is 31.5. The van der Waals surface area contributed by atoms with E-state index >= 15 is 0 Å². The fraction of sp³-hybridized carbons (Fsp3) is 0.243. The molecule has 0 fully saturated rings. The topological polar surface area (TPSA) is 126 Å². The predicted molar refractivity (Wildman–Crippen MR) is 178 cm³/mol. The lowest BCUT2D eigenvalue weighted by Crippen LogP contribution is -2.53. The molecule has 0 aromatic heterocycles. The maximum Gasteiger partial charge on any atom is 0.255 e. The Bertz CT molecular complexity index is 1660. The zero-order valence-electron chi connectivity index (χ0n) is 26.2. The highest BCUT2D eigenvalue weighted by atomic mass is 16.5. The molecule has 0 saturated heterocycles. The van der Waals surface area contributed by atoms with Crippen LogP contribution in [0.1, 0.15) is 22.3 Å². The molecule has 1 aliphatic rings. The molecule has 47 heavy (non-hydrogen) atoms. The van der Waals surface area contributed by atoms with Gasteiger partial charge in [-0.1, -0.05) is 84.9 Å². The van der Waals surface area contributed by atoms with E-state index in [0.717, 1.165) is 16.7 Å². The Kier molecular flexibility index (Phi) is 11.2. The lowest BCUT2D eigenvalue weighted by molar-refractivity contribution is -0.136. The third-order valence-electron chi connectivity index (χ3n) is 7.75. The summed E-state index contributed by atoms with van der Waals surface area (Å²) >= 11 is 0. The van der Waals surface area contributed by atoms with Gasteiger partial charge in [-0.2, -0.15) is 0 Å². The quantitative estimate of drug-likeness (QED) is 0.255. The largest absolute Gasteiger partial charge is 0.492 e. The van der Waals surface area contributed by atoms with Crippen LogP contribution < -0.4 is 25.4 Å². The van der Waals surface area contributed by atoms with Gasteiger partial charge in [0.05, 0.1) is 25.1 Å². The van der Waals surface area contributed by atoms with Crippen LogP contribution in [-0.2, 0) is 20.8 Å². The molecule has 1 heterocycles. The van der Waals surface area contributed by atoms with Crippen LogP contribution >= 0.6 is 0 Å². The average molecular weight is 635 g/mol. The number of amides is 4. The van der Waals surface area contributed by atoms with E-state index in [2.05, 4.69) is 16.0 Å². The standard InChI is InChI=1S/C37H38N4O6/c1-41-21-23-47-33-15-9-8-14-30(33)35(43)40-31(25-34(42)39-32(37(41)45)24-26-10-4-2-5-11-26)36(44)38-20-22-46-29-18-16-28(17-19-29)27-12-6-3-7-13-27/h2-19,31-32H,20-25H2,1H3,(H,38,44)(H,39,42)(H,40,43)/t31-,32-/m0/s1. The summed E-state index contributed by atoms with van der Waals surface area (Å²) in [7, 11) is 1.64.